The maximum Gasteiger partial charge on any atom is 0.256 e. The zero-order valence-electron chi connectivity index (χ0n) is 20.6. The van der Waals surface area contributed by atoms with Crippen LogP contribution in [0.1, 0.15) is 0 Å². The van der Waals surface area contributed by atoms with Gasteiger partial charge in [0, 0.05) is 27.8 Å². The number of hydrogen-bond acceptors (Lipinski definition) is 7. The highest BCUT2D eigenvalue weighted by Gasteiger charge is 2.15. The lowest BCUT2D eigenvalue weighted by molar-refractivity contribution is 0.905. The average molecular weight is 505 g/mol. The lowest BCUT2D eigenvalue weighted by Gasteiger charge is -2.08. The molecular formula is C31H20N8. The molecule has 0 spiro atoms. The van der Waals surface area contributed by atoms with Crippen molar-refractivity contribution in [3.05, 3.63) is 122 Å². The standard InChI is InChI=1S/C31H20N8/c1-4-10-21(11-5-1)26-34-27(22-12-6-2-7-13-22)36-28(35-26)23-16-18-24(19-17-23)29-37-31-33-20-32-30(39(31)38-29)25-14-8-3-9-15-25/h1-20H. The maximum atomic E-state index is 4.81. The van der Waals surface area contributed by atoms with Gasteiger partial charge in [0.2, 0.25) is 0 Å². The van der Waals surface area contributed by atoms with Gasteiger partial charge >= 0.3 is 0 Å². The first-order valence-electron chi connectivity index (χ1n) is 12.4. The van der Waals surface area contributed by atoms with Gasteiger partial charge in [-0.15, -0.1) is 5.10 Å². The van der Waals surface area contributed by atoms with E-state index in [9.17, 15) is 0 Å². The zero-order valence-corrected chi connectivity index (χ0v) is 20.6. The molecule has 3 heterocycles. The van der Waals surface area contributed by atoms with Crippen LogP contribution in [0.5, 0.6) is 0 Å². The van der Waals surface area contributed by atoms with Crippen molar-refractivity contribution in [1.82, 2.24) is 39.5 Å². The van der Waals surface area contributed by atoms with Gasteiger partial charge in [-0.1, -0.05) is 115 Å². The fourth-order valence-corrected chi connectivity index (χ4v) is 4.33. The molecule has 8 nitrogen and oxygen atoms in total. The van der Waals surface area contributed by atoms with Crippen molar-refractivity contribution in [2.24, 2.45) is 0 Å². The normalized spacial score (nSPS) is 11.1. The monoisotopic (exact) mass is 504 g/mol. The van der Waals surface area contributed by atoms with Crippen LogP contribution in [-0.2, 0) is 0 Å². The Balaban J connectivity index is 1.28. The third-order valence-electron chi connectivity index (χ3n) is 6.28. The third kappa shape index (κ3) is 4.40. The van der Waals surface area contributed by atoms with Crippen molar-refractivity contribution >= 4 is 5.78 Å². The summed E-state index contributed by atoms with van der Waals surface area (Å²) in [6.07, 6.45) is 1.51. The predicted octanol–water partition coefficient (Wildman–Crippen LogP) is 6.04. The quantitative estimate of drug-likeness (QED) is 0.282. The highest BCUT2D eigenvalue weighted by molar-refractivity contribution is 5.69. The SMILES string of the molecule is c1ccc(-c2nc(-c3ccccc3)nc(-c3ccc(-c4nc5ncnc(-c6ccccc6)n5n4)cc3)n2)cc1. The molecule has 8 heteroatoms. The summed E-state index contributed by atoms with van der Waals surface area (Å²) in [5, 5.41) is 4.71. The van der Waals surface area contributed by atoms with Gasteiger partial charge in [0.1, 0.15) is 6.33 Å². The van der Waals surface area contributed by atoms with Gasteiger partial charge in [-0.05, 0) is 0 Å². The Kier molecular flexibility index (Phi) is 5.60. The van der Waals surface area contributed by atoms with E-state index in [2.05, 4.69) is 15.0 Å². The Morgan fingerprint density at radius 1 is 0.385 bits per heavy atom. The van der Waals surface area contributed by atoms with Gasteiger partial charge < -0.3 is 0 Å². The topological polar surface area (TPSA) is 94.6 Å². The number of fused-ring (bicyclic) bond motifs is 1. The summed E-state index contributed by atoms with van der Waals surface area (Å²) in [7, 11) is 0. The van der Waals surface area contributed by atoms with E-state index in [-0.39, 0.29) is 0 Å². The predicted molar refractivity (Wildman–Crippen MR) is 149 cm³/mol. The van der Waals surface area contributed by atoms with Crippen molar-refractivity contribution in [1.29, 1.82) is 0 Å². The van der Waals surface area contributed by atoms with Gasteiger partial charge in [-0.2, -0.15) is 14.5 Å². The Morgan fingerprint density at radius 2 is 0.821 bits per heavy atom. The Labute approximate surface area is 223 Å². The average Bonchev–Trinajstić information content (AvgIpc) is 3.47. The van der Waals surface area contributed by atoms with Crippen molar-refractivity contribution in [3.8, 4) is 56.9 Å². The van der Waals surface area contributed by atoms with E-state index in [0.717, 1.165) is 27.8 Å². The van der Waals surface area contributed by atoms with Crippen molar-refractivity contribution in [2.75, 3.05) is 0 Å². The van der Waals surface area contributed by atoms with E-state index in [1.807, 2.05) is 115 Å². The second-order valence-electron chi connectivity index (χ2n) is 8.83. The fourth-order valence-electron chi connectivity index (χ4n) is 4.33. The number of benzene rings is 4. The Bertz CT molecular complexity index is 1830. The molecule has 3 aromatic heterocycles. The van der Waals surface area contributed by atoms with E-state index < -0.39 is 0 Å². The van der Waals surface area contributed by atoms with Gasteiger partial charge in [0.05, 0.1) is 0 Å². The molecule has 184 valence electrons. The van der Waals surface area contributed by atoms with E-state index in [1.54, 1.807) is 4.52 Å². The molecule has 0 amide bonds. The molecule has 0 fully saturated rings. The van der Waals surface area contributed by atoms with Crippen LogP contribution in [0, 0.1) is 0 Å². The molecule has 39 heavy (non-hydrogen) atoms. The molecule has 0 saturated carbocycles. The molecule has 4 aromatic carbocycles. The summed E-state index contributed by atoms with van der Waals surface area (Å²) < 4.78 is 1.67. The molecule has 0 unspecified atom stereocenters. The highest BCUT2D eigenvalue weighted by atomic mass is 15.4. The van der Waals surface area contributed by atoms with Crippen LogP contribution in [0.15, 0.2) is 122 Å². The van der Waals surface area contributed by atoms with Gasteiger partial charge in [-0.3, -0.25) is 0 Å². The van der Waals surface area contributed by atoms with E-state index in [1.165, 1.54) is 6.33 Å². The summed E-state index contributed by atoms with van der Waals surface area (Å²) >= 11 is 0. The molecule has 0 N–H and O–H groups in total. The van der Waals surface area contributed by atoms with E-state index in [0.29, 0.717) is 34.9 Å². The van der Waals surface area contributed by atoms with Crippen molar-refractivity contribution in [3.63, 3.8) is 0 Å². The first-order valence-corrected chi connectivity index (χ1v) is 12.4. The second kappa shape index (κ2) is 9.68. The van der Waals surface area contributed by atoms with Gasteiger partial charge in [0.25, 0.3) is 5.78 Å². The molecule has 0 saturated heterocycles. The number of hydrogen-bond donors (Lipinski definition) is 0. The second-order valence-corrected chi connectivity index (χ2v) is 8.83. The van der Waals surface area contributed by atoms with Crippen LogP contribution in [0.25, 0.3) is 62.7 Å². The van der Waals surface area contributed by atoms with E-state index >= 15 is 0 Å². The molecule has 0 aliphatic carbocycles. The Morgan fingerprint density at radius 3 is 1.33 bits per heavy atom. The molecular weight excluding hydrogens is 484 g/mol. The first-order chi connectivity index (χ1) is 19.3. The summed E-state index contributed by atoms with van der Waals surface area (Å²) in [4.78, 5) is 27.8. The summed E-state index contributed by atoms with van der Waals surface area (Å²) in [5.41, 5.74) is 4.52. The molecule has 7 aromatic rings. The number of nitrogens with zero attached hydrogens (tertiary/aromatic N) is 8. The molecule has 0 bridgehead atoms. The van der Waals surface area contributed by atoms with Crippen molar-refractivity contribution < 1.29 is 0 Å². The maximum absolute atomic E-state index is 4.81. The molecule has 0 aliphatic heterocycles. The van der Waals surface area contributed by atoms with Crippen LogP contribution >= 0.6 is 0 Å². The molecule has 7 rings (SSSR count). The largest absolute Gasteiger partial charge is 0.256 e. The van der Waals surface area contributed by atoms with Crippen molar-refractivity contribution in [2.45, 2.75) is 0 Å². The fraction of sp³-hybridized carbons (Fsp3) is 0. The minimum absolute atomic E-state index is 0.486. The Hall–Kier alpha value is -5.63. The number of aromatic nitrogens is 8. The van der Waals surface area contributed by atoms with Crippen LogP contribution in [0.2, 0.25) is 0 Å². The lowest BCUT2D eigenvalue weighted by atomic mass is 10.1. The number of rotatable bonds is 5. The smallest absolute Gasteiger partial charge is 0.216 e. The minimum atomic E-state index is 0.486. The first kappa shape index (κ1) is 22.6. The van der Waals surface area contributed by atoms with Gasteiger partial charge in [-0.25, -0.2) is 19.9 Å². The van der Waals surface area contributed by atoms with Crippen LogP contribution in [0.3, 0.4) is 0 Å². The summed E-state index contributed by atoms with van der Waals surface area (Å²) in [5.74, 6) is 3.57. The van der Waals surface area contributed by atoms with Crippen LogP contribution < -0.4 is 0 Å². The minimum Gasteiger partial charge on any atom is -0.216 e. The summed E-state index contributed by atoms with van der Waals surface area (Å²) in [6, 6.07) is 37.6. The lowest BCUT2D eigenvalue weighted by Crippen LogP contribution is -2.00. The molecule has 0 atom stereocenters. The molecule has 0 aliphatic rings. The van der Waals surface area contributed by atoms with Gasteiger partial charge in [0.15, 0.2) is 29.1 Å². The summed E-state index contributed by atoms with van der Waals surface area (Å²) in [6.45, 7) is 0. The molecule has 0 radical (unpaired) electrons. The highest BCUT2D eigenvalue weighted by Crippen LogP contribution is 2.27. The van der Waals surface area contributed by atoms with Crippen LogP contribution in [0.4, 0.5) is 0 Å². The zero-order chi connectivity index (χ0) is 26.0. The third-order valence-corrected chi connectivity index (χ3v) is 6.28. The van der Waals surface area contributed by atoms with E-state index in [4.69, 9.17) is 20.1 Å². The van der Waals surface area contributed by atoms with Crippen LogP contribution in [-0.4, -0.2) is 39.5 Å².